The van der Waals surface area contributed by atoms with Gasteiger partial charge in [-0.15, -0.1) is 11.3 Å². The fourth-order valence-corrected chi connectivity index (χ4v) is 3.30. The average Bonchev–Trinajstić information content (AvgIpc) is 2.95. The van der Waals surface area contributed by atoms with Crippen LogP contribution in [-0.4, -0.2) is 58.6 Å². The van der Waals surface area contributed by atoms with Crippen LogP contribution in [-0.2, 0) is 15.7 Å². The minimum atomic E-state index is -4.59. The number of nitrogens with one attached hydrogen (secondary N) is 2. The molecule has 1 fully saturated rings. The molecule has 29 heavy (non-hydrogen) atoms. The fraction of sp³-hybridized carbons (Fsp3) is 0.529. The lowest BCUT2D eigenvalue weighted by atomic mass is 10.3. The number of halogens is 3. The third-order valence-electron chi connectivity index (χ3n) is 4.17. The van der Waals surface area contributed by atoms with Gasteiger partial charge >= 0.3 is 6.18 Å². The summed E-state index contributed by atoms with van der Waals surface area (Å²) < 4.78 is 45.1. The number of thiazole rings is 1. The standard InChI is InChI=1S/C17H21F3N6O2S/c1-11-23-13(10-29-11)24-16-22-9-12(17(18,19)20)15(25-16)21-4-2-5-26-6-8-28-7-3-14(26)27/h9-10H,2-8H2,1H3,(H2,21,22,24,25). The molecule has 1 aliphatic rings. The first kappa shape index (κ1) is 21.2. The molecule has 3 rings (SSSR count). The molecule has 3 heterocycles. The van der Waals surface area contributed by atoms with Gasteiger partial charge < -0.3 is 20.3 Å². The largest absolute Gasteiger partial charge is 0.421 e. The van der Waals surface area contributed by atoms with Crippen molar-refractivity contribution in [2.45, 2.75) is 25.9 Å². The molecular formula is C17H21F3N6O2S. The highest BCUT2D eigenvalue weighted by Gasteiger charge is 2.35. The number of alkyl halides is 3. The van der Waals surface area contributed by atoms with E-state index >= 15 is 0 Å². The summed E-state index contributed by atoms with van der Waals surface area (Å²) in [5.41, 5.74) is -0.947. The summed E-state index contributed by atoms with van der Waals surface area (Å²) in [5, 5.41) is 8.06. The molecule has 1 saturated heterocycles. The molecule has 0 unspecified atom stereocenters. The third kappa shape index (κ3) is 6.00. The summed E-state index contributed by atoms with van der Waals surface area (Å²) in [6.07, 6.45) is -3.05. The van der Waals surface area contributed by atoms with Crippen molar-refractivity contribution in [1.82, 2.24) is 19.9 Å². The number of carbonyl (C=O) groups excluding carboxylic acids is 1. The highest BCUT2D eigenvalue weighted by molar-refractivity contribution is 7.09. The van der Waals surface area contributed by atoms with E-state index in [-0.39, 0.29) is 24.2 Å². The summed E-state index contributed by atoms with van der Waals surface area (Å²) in [7, 11) is 0. The van der Waals surface area contributed by atoms with Gasteiger partial charge in [-0.2, -0.15) is 18.2 Å². The lowest BCUT2D eigenvalue weighted by Gasteiger charge is -2.20. The zero-order valence-corrected chi connectivity index (χ0v) is 16.6. The van der Waals surface area contributed by atoms with Crippen molar-refractivity contribution < 1.29 is 22.7 Å². The maximum Gasteiger partial charge on any atom is 0.421 e. The van der Waals surface area contributed by atoms with E-state index in [9.17, 15) is 18.0 Å². The van der Waals surface area contributed by atoms with E-state index in [1.54, 1.807) is 10.3 Å². The Kier molecular flexibility index (Phi) is 6.85. The zero-order valence-electron chi connectivity index (χ0n) is 15.8. The molecule has 8 nitrogen and oxygen atoms in total. The first-order chi connectivity index (χ1) is 13.8. The summed E-state index contributed by atoms with van der Waals surface area (Å²) in [5.74, 6) is 0.170. The maximum atomic E-state index is 13.3. The zero-order chi connectivity index (χ0) is 20.9. The van der Waals surface area contributed by atoms with Crippen LogP contribution in [0.15, 0.2) is 11.6 Å². The first-order valence-corrected chi connectivity index (χ1v) is 9.93. The van der Waals surface area contributed by atoms with Crippen LogP contribution in [0.5, 0.6) is 0 Å². The Balaban J connectivity index is 1.63. The van der Waals surface area contributed by atoms with Crippen LogP contribution in [0.3, 0.4) is 0 Å². The molecule has 2 N–H and O–H groups in total. The summed E-state index contributed by atoms with van der Waals surface area (Å²) >= 11 is 1.40. The number of hydrogen-bond acceptors (Lipinski definition) is 8. The molecule has 1 amide bonds. The van der Waals surface area contributed by atoms with Gasteiger partial charge in [-0.3, -0.25) is 4.79 Å². The highest BCUT2D eigenvalue weighted by atomic mass is 32.1. The minimum absolute atomic E-state index is 0.00874. The van der Waals surface area contributed by atoms with E-state index in [4.69, 9.17) is 4.74 Å². The summed E-state index contributed by atoms with van der Waals surface area (Å²) in [6, 6.07) is 0. The van der Waals surface area contributed by atoms with Crippen LogP contribution in [0.4, 0.5) is 30.8 Å². The Morgan fingerprint density at radius 2 is 2.14 bits per heavy atom. The van der Waals surface area contributed by atoms with Gasteiger partial charge in [0, 0.05) is 31.2 Å². The lowest BCUT2D eigenvalue weighted by molar-refractivity contribution is -0.137. The smallest absolute Gasteiger partial charge is 0.379 e. The molecule has 1 aliphatic heterocycles. The second-order valence-corrected chi connectivity index (χ2v) is 7.42. The molecule has 0 aliphatic carbocycles. The summed E-state index contributed by atoms with van der Waals surface area (Å²) in [6.45, 7) is 3.83. The van der Waals surface area contributed by atoms with Crippen LogP contribution in [0.1, 0.15) is 23.4 Å². The van der Waals surface area contributed by atoms with Gasteiger partial charge in [-0.1, -0.05) is 0 Å². The van der Waals surface area contributed by atoms with E-state index in [1.165, 1.54) is 11.3 Å². The minimum Gasteiger partial charge on any atom is -0.379 e. The van der Waals surface area contributed by atoms with Gasteiger partial charge in [0.2, 0.25) is 11.9 Å². The van der Waals surface area contributed by atoms with Crippen molar-refractivity contribution >= 4 is 34.8 Å². The van der Waals surface area contributed by atoms with Crippen molar-refractivity contribution in [3.05, 3.63) is 22.1 Å². The number of aromatic nitrogens is 3. The molecule has 0 atom stereocenters. The molecule has 2 aromatic heterocycles. The lowest BCUT2D eigenvalue weighted by Crippen LogP contribution is -2.33. The molecular weight excluding hydrogens is 409 g/mol. The second-order valence-electron chi connectivity index (χ2n) is 6.35. The number of carbonyl (C=O) groups is 1. The molecule has 0 bridgehead atoms. The predicted molar refractivity (Wildman–Crippen MR) is 102 cm³/mol. The molecule has 0 spiro atoms. The third-order valence-corrected chi connectivity index (χ3v) is 4.94. The molecule has 2 aromatic rings. The molecule has 0 radical (unpaired) electrons. The number of aryl methyl sites for hydroxylation is 1. The van der Waals surface area contributed by atoms with E-state index in [1.807, 2.05) is 6.92 Å². The molecule has 12 heteroatoms. The van der Waals surface area contributed by atoms with Gasteiger partial charge in [0.05, 0.1) is 24.6 Å². The number of hydrogen-bond donors (Lipinski definition) is 2. The van der Waals surface area contributed by atoms with E-state index in [0.29, 0.717) is 45.0 Å². The molecule has 0 saturated carbocycles. The van der Waals surface area contributed by atoms with Crippen LogP contribution in [0.25, 0.3) is 0 Å². The molecule has 158 valence electrons. The number of anilines is 3. The number of nitrogens with zero attached hydrogens (tertiary/aromatic N) is 4. The SMILES string of the molecule is Cc1nc(Nc2ncc(C(F)(F)F)c(NCCCN3CCOCCC3=O)n2)cs1. The highest BCUT2D eigenvalue weighted by Crippen LogP contribution is 2.34. The van der Waals surface area contributed by atoms with Crippen molar-refractivity contribution in [3.63, 3.8) is 0 Å². The van der Waals surface area contributed by atoms with Crippen LogP contribution in [0, 0.1) is 6.92 Å². The fourth-order valence-electron chi connectivity index (χ4n) is 2.75. The van der Waals surface area contributed by atoms with Crippen molar-refractivity contribution in [1.29, 1.82) is 0 Å². The van der Waals surface area contributed by atoms with Crippen LogP contribution in [0.2, 0.25) is 0 Å². The van der Waals surface area contributed by atoms with Crippen LogP contribution >= 0.6 is 11.3 Å². The van der Waals surface area contributed by atoms with Gasteiger partial charge in [0.25, 0.3) is 0 Å². The van der Waals surface area contributed by atoms with Crippen molar-refractivity contribution in [2.24, 2.45) is 0 Å². The summed E-state index contributed by atoms with van der Waals surface area (Å²) in [4.78, 5) is 25.5. The monoisotopic (exact) mass is 430 g/mol. The predicted octanol–water partition coefficient (Wildman–Crippen LogP) is 3.05. The quantitative estimate of drug-likeness (QED) is 0.653. The Labute approximate surface area is 169 Å². The van der Waals surface area contributed by atoms with Crippen molar-refractivity contribution in [2.75, 3.05) is 43.5 Å². The van der Waals surface area contributed by atoms with Crippen LogP contribution < -0.4 is 10.6 Å². The number of amides is 1. The number of ether oxygens (including phenoxy) is 1. The van der Waals surface area contributed by atoms with E-state index in [2.05, 4.69) is 25.6 Å². The topological polar surface area (TPSA) is 92.3 Å². The first-order valence-electron chi connectivity index (χ1n) is 9.05. The second kappa shape index (κ2) is 9.35. The molecule has 0 aromatic carbocycles. The number of rotatable bonds is 7. The normalized spacial score (nSPS) is 15.3. The van der Waals surface area contributed by atoms with E-state index in [0.717, 1.165) is 11.2 Å². The van der Waals surface area contributed by atoms with Gasteiger partial charge in [-0.05, 0) is 13.3 Å². The van der Waals surface area contributed by atoms with Gasteiger partial charge in [-0.25, -0.2) is 9.97 Å². The van der Waals surface area contributed by atoms with Crippen molar-refractivity contribution in [3.8, 4) is 0 Å². The Hall–Kier alpha value is -2.47. The van der Waals surface area contributed by atoms with Gasteiger partial charge in [0.15, 0.2) is 0 Å². The Morgan fingerprint density at radius 1 is 1.31 bits per heavy atom. The maximum absolute atomic E-state index is 13.3. The van der Waals surface area contributed by atoms with Gasteiger partial charge in [0.1, 0.15) is 17.2 Å². The Bertz CT molecular complexity index is 845. The Morgan fingerprint density at radius 3 is 2.86 bits per heavy atom. The van der Waals surface area contributed by atoms with E-state index < -0.39 is 11.7 Å². The average molecular weight is 430 g/mol.